The number of hydrogen-bond donors (Lipinski definition) is 2. The highest BCUT2D eigenvalue weighted by Crippen LogP contribution is 2.42. The number of hydrogen-bond acceptors (Lipinski definition) is 8. The van der Waals surface area contributed by atoms with Gasteiger partial charge in [0.05, 0.1) is 36.8 Å². The Morgan fingerprint density at radius 2 is 1.86 bits per heavy atom. The summed E-state index contributed by atoms with van der Waals surface area (Å²) in [5.41, 5.74) is 0.486. The predicted molar refractivity (Wildman–Crippen MR) is 161 cm³/mol. The second-order valence-corrected chi connectivity index (χ2v) is 13.5. The number of methoxy groups -OCH3 is 1. The van der Waals surface area contributed by atoms with Gasteiger partial charge in [-0.2, -0.15) is 9.57 Å². The van der Waals surface area contributed by atoms with E-state index in [1.165, 1.54) is 23.5 Å². The monoisotopic (exact) mass is 613 g/mol. The molecule has 1 aliphatic carbocycles. The van der Waals surface area contributed by atoms with E-state index in [1.54, 1.807) is 12.1 Å². The minimum absolute atomic E-state index is 0.0807. The number of nitrogens with zero attached hydrogens (tertiary/aromatic N) is 2. The van der Waals surface area contributed by atoms with Crippen LogP contribution in [0, 0.1) is 16.7 Å². The molecule has 11 heteroatoms. The normalized spacial score (nSPS) is 19.7. The SMILES string of the molecule is COc1ccc(S(=O)(=O)N(C[C@@H](O)[C@H](Cc2ccccc2)NC(=O)O[C@H]2CCCO2)CC2(CCC#N)CCCCC2)cc1. The molecule has 0 bridgehead atoms. The van der Waals surface area contributed by atoms with Gasteiger partial charge in [0.25, 0.3) is 0 Å². The van der Waals surface area contributed by atoms with Crippen LogP contribution in [-0.2, 0) is 25.9 Å². The lowest BCUT2D eigenvalue weighted by Crippen LogP contribution is -2.53. The summed E-state index contributed by atoms with van der Waals surface area (Å²) in [6.07, 6.45) is 4.50. The van der Waals surface area contributed by atoms with Crippen LogP contribution >= 0.6 is 0 Å². The molecule has 2 fully saturated rings. The summed E-state index contributed by atoms with van der Waals surface area (Å²) in [5, 5.41) is 23.8. The quantitative estimate of drug-likeness (QED) is 0.311. The molecular formula is C32H43N3O7S. The van der Waals surface area contributed by atoms with Crippen molar-refractivity contribution in [2.75, 3.05) is 26.8 Å². The summed E-state index contributed by atoms with van der Waals surface area (Å²) < 4.78 is 45.7. The van der Waals surface area contributed by atoms with Crippen LogP contribution in [0.2, 0.25) is 0 Å². The molecule has 234 valence electrons. The van der Waals surface area contributed by atoms with E-state index in [4.69, 9.17) is 14.2 Å². The Kier molecular flexibility index (Phi) is 11.8. The Hall–Kier alpha value is -3.17. The number of alkyl carbamates (subject to hydrolysis) is 1. The number of aliphatic hydroxyl groups is 1. The van der Waals surface area contributed by atoms with Crippen LogP contribution < -0.4 is 10.1 Å². The molecule has 0 aromatic heterocycles. The van der Waals surface area contributed by atoms with E-state index < -0.39 is 34.6 Å². The van der Waals surface area contributed by atoms with Crippen molar-refractivity contribution in [3.05, 3.63) is 60.2 Å². The number of nitrogens with one attached hydrogen (secondary N) is 1. The van der Waals surface area contributed by atoms with Crippen LogP contribution in [0.15, 0.2) is 59.5 Å². The third kappa shape index (κ3) is 9.16. The first kappa shape index (κ1) is 32.7. The van der Waals surface area contributed by atoms with Crippen molar-refractivity contribution in [1.29, 1.82) is 5.26 Å². The molecule has 1 saturated carbocycles. The van der Waals surface area contributed by atoms with Crippen molar-refractivity contribution in [2.24, 2.45) is 5.41 Å². The maximum absolute atomic E-state index is 14.2. The molecule has 43 heavy (non-hydrogen) atoms. The Morgan fingerprint density at radius 1 is 1.14 bits per heavy atom. The molecule has 2 N–H and O–H groups in total. The minimum atomic E-state index is -4.07. The van der Waals surface area contributed by atoms with E-state index in [9.17, 15) is 23.6 Å². The lowest BCUT2D eigenvalue weighted by Gasteiger charge is -2.41. The lowest BCUT2D eigenvalue weighted by molar-refractivity contribution is -0.0698. The zero-order valence-corrected chi connectivity index (χ0v) is 25.6. The summed E-state index contributed by atoms with van der Waals surface area (Å²) in [5.74, 6) is 0.528. The van der Waals surface area contributed by atoms with Crippen LogP contribution in [0.4, 0.5) is 4.79 Å². The Morgan fingerprint density at radius 3 is 2.49 bits per heavy atom. The lowest BCUT2D eigenvalue weighted by atomic mass is 9.71. The largest absolute Gasteiger partial charge is 0.497 e. The highest BCUT2D eigenvalue weighted by Gasteiger charge is 2.39. The van der Waals surface area contributed by atoms with Gasteiger partial charge in [-0.1, -0.05) is 49.6 Å². The average molecular weight is 614 g/mol. The zero-order valence-electron chi connectivity index (χ0n) is 24.8. The molecule has 1 saturated heterocycles. The van der Waals surface area contributed by atoms with Gasteiger partial charge in [0.2, 0.25) is 16.3 Å². The van der Waals surface area contributed by atoms with Crippen LogP contribution in [-0.4, -0.2) is 69.2 Å². The molecule has 10 nitrogen and oxygen atoms in total. The smallest absolute Gasteiger partial charge is 0.409 e. The van der Waals surface area contributed by atoms with Gasteiger partial charge >= 0.3 is 6.09 Å². The maximum atomic E-state index is 14.2. The fourth-order valence-electron chi connectivity index (χ4n) is 6.06. The Bertz CT molecular complexity index is 1300. The summed E-state index contributed by atoms with van der Waals surface area (Å²) in [7, 11) is -2.55. The standard InChI is InChI=1S/C32H43N3O7S/c1-40-26-13-15-27(16-14-26)43(38,39)35(24-32(19-9-20-33)17-6-3-7-18-32)23-29(36)28(22-25-10-4-2-5-11-25)34-31(37)42-30-12-8-21-41-30/h2,4-5,10-11,13-16,28-30,36H,3,6-9,12,17-19,21-24H2,1H3,(H,34,37)/t28-,29+,30-/m0/s1. The van der Waals surface area contributed by atoms with Crippen molar-refractivity contribution in [3.8, 4) is 11.8 Å². The molecular weight excluding hydrogens is 570 g/mol. The van der Waals surface area contributed by atoms with Crippen molar-refractivity contribution < 1.29 is 32.5 Å². The molecule has 1 amide bonds. The minimum Gasteiger partial charge on any atom is -0.497 e. The van der Waals surface area contributed by atoms with Gasteiger partial charge in [-0.3, -0.25) is 0 Å². The number of ether oxygens (including phenoxy) is 3. The van der Waals surface area contributed by atoms with Crippen LogP contribution in [0.5, 0.6) is 5.75 Å². The average Bonchev–Trinajstić information content (AvgIpc) is 3.53. The molecule has 1 heterocycles. The second-order valence-electron chi connectivity index (χ2n) is 11.5. The van der Waals surface area contributed by atoms with Crippen molar-refractivity contribution in [2.45, 2.75) is 87.5 Å². The first-order chi connectivity index (χ1) is 20.7. The van der Waals surface area contributed by atoms with E-state index in [0.717, 1.165) is 44.1 Å². The van der Waals surface area contributed by atoms with E-state index in [1.807, 2.05) is 30.3 Å². The fraction of sp³-hybridized carbons (Fsp3) is 0.562. The predicted octanol–water partition coefficient (Wildman–Crippen LogP) is 4.78. The van der Waals surface area contributed by atoms with E-state index in [2.05, 4.69) is 11.4 Å². The highest BCUT2D eigenvalue weighted by molar-refractivity contribution is 7.89. The fourth-order valence-corrected chi connectivity index (χ4v) is 7.63. The first-order valence-electron chi connectivity index (χ1n) is 15.1. The van der Waals surface area contributed by atoms with Gasteiger partial charge in [-0.25, -0.2) is 13.2 Å². The summed E-state index contributed by atoms with van der Waals surface area (Å²) in [6, 6.07) is 16.9. The summed E-state index contributed by atoms with van der Waals surface area (Å²) in [4.78, 5) is 12.9. The van der Waals surface area contributed by atoms with Crippen LogP contribution in [0.3, 0.4) is 0 Å². The Balaban J connectivity index is 1.62. The highest BCUT2D eigenvalue weighted by atomic mass is 32.2. The van der Waals surface area contributed by atoms with Gasteiger partial charge in [0, 0.05) is 25.9 Å². The second kappa shape index (κ2) is 15.5. The molecule has 0 unspecified atom stereocenters. The van der Waals surface area contributed by atoms with E-state index >= 15 is 0 Å². The molecule has 1 aliphatic heterocycles. The molecule has 2 aromatic carbocycles. The molecule has 2 aromatic rings. The van der Waals surface area contributed by atoms with Gasteiger partial charge in [-0.15, -0.1) is 0 Å². The van der Waals surface area contributed by atoms with Gasteiger partial charge in [0.15, 0.2) is 0 Å². The number of rotatable bonds is 14. The topological polar surface area (TPSA) is 138 Å². The number of aliphatic hydroxyl groups excluding tert-OH is 1. The molecule has 4 rings (SSSR count). The molecule has 3 atom stereocenters. The number of amides is 1. The van der Waals surface area contributed by atoms with Gasteiger partial charge in [-0.05, 0) is 67.3 Å². The Labute approximate surface area is 255 Å². The summed E-state index contributed by atoms with van der Waals surface area (Å²) in [6.45, 7) is 0.429. The molecule has 0 spiro atoms. The number of carbonyl (C=O) groups excluding carboxylic acids is 1. The first-order valence-corrected chi connectivity index (χ1v) is 16.5. The number of nitriles is 1. The molecule has 0 radical (unpaired) electrons. The number of benzene rings is 2. The van der Waals surface area contributed by atoms with Gasteiger partial charge < -0.3 is 24.6 Å². The van der Waals surface area contributed by atoms with Crippen molar-refractivity contribution in [1.82, 2.24) is 9.62 Å². The molecule has 2 aliphatic rings. The third-order valence-corrected chi connectivity index (χ3v) is 10.3. The van der Waals surface area contributed by atoms with Crippen LogP contribution in [0.1, 0.15) is 63.4 Å². The van der Waals surface area contributed by atoms with Crippen molar-refractivity contribution in [3.63, 3.8) is 0 Å². The van der Waals surface area contributed by atoms with Crippen LogP contribution in [0.25, 0.3) is 0 Å². The third-order valence-electron chi connectivity index (χ3n) is 8.47. The summed E-state index contributed by atoms with van der Waals surface area (Å²) >= 11 is 0. The zero-order chi connectivity index (χ0) is 30.7. The van der Waals surface area contributed by atoms with Crippen molar-refractivity contribution >= 4 is 16.1 Å². The van der Waals surface area contributed by atoms with E-state index in [0.29, 0.717) is 31.6 Å². The van der Waals surface area contributed by atoms with E-state index in [-0.39, 0.29) is 29.8 Å². The number of sulfonamides is 1. The van der Waals surface area contributed by atoms with Gasteiger partial charge in [0.1, 0.15) is 5.75 Å². The maximum Gasteiger partial charge on any atom is 0.409 e. The number of carbonyl (C=O) groups is 1.